The van der Waals surface area contributed by atoms with Crippen LogP contribution in [0, 0.1) is 0 Å². The Bertz CT molecular complexity index is 954. The van der Waals surface area contributed by atoms with Crippen LogP contribution in [0.2, 0.25) is 0 Å². The summed E-state index contributed by atoms with van der Waals surface area (Å²) in [6.07, 6.45) is 1.80. The average Bonchev–Trinajstić information content (AvgIpc) is 2.75. The first kappa shape index (κ1) is 23.2. The highest BCUT2D eigenvalue weighted by molar-refractivity contribution is 7.89. The lowest BCUT2D eigenvalue weighted by atomic mass is 10.0. The molecular formula is C23H32N4O3S. The first-order valence-corrected chi connectivity index (χ1v) is 12.1. The SMILES string of the molecule is CC(C)N(C)S(=O)(=O)c1ccc(NC(=O)NC2CCN(Cc3ccccc3)CC2)cc1. The van der Waals surface area contributed by atoms with Crippen molar-refractivity contribution in [3.63, 3.8) is 0 Å². The Morgan fingerprint density at radius 3 is 2.26 bits per heavy atom. The van der Waals surface area contributed by atoms with Crippen molar-refractivity contribution >= 4 is 21.7 Å². The van der Waals surface area contributed by atoms with Crippen LogP contribution in [0.4, 0.5) is 10.5 Å². The minimum Gasteiger partial charge on any atom is -0.335 e. The zero-order valence-electron chi connectivity index (χ0n) is 18.4. The van der Waals surface area contributed by atoms with E-state index in [9.17, 15) is 13.2 Å². The van der Waals surface area contributed by atoms with E-state index in [2.05, 4.69) is 39.8 Å². The standard InChI is InChI=1S/C23H32N4O3S/c1-18(2)26(3)31(29,30)22-11-9-20(10-12-22)24-23(28)25-21-13-15-27(16-14-21)17-19-7-5-4-6-8-19/h4-12,18,21H,13-17H2,1-3H3,(H2,24,25,28). The van der Waals surface area contributed by atoms with Crippen LogP contribution >= 0.6 is 0 Å². The number of urea groups is 1. The molecule has 8 heteroatoms. The molecule has 2 aromatic carbocycles. The third-order valence-corrected chi connectivity index (χ3v) is 7.74. The van der Waals surface area contributed by atoms with E-state index in [1.807, 2.05) is 19.9 Å². The zero-order chi connectivity index (χ0) is 22.4. The predicted molar refractivity (Wildman–Crippen MR) is 123 cm³/mol. The summed E-state index contributed by atoms with van der Waals surface area (Å²) in [5, 5.41) is 5.83. The molecule has 0 spiro atoms. The molecule has 31 heavy (non-hydrogen) atoms. The van der Waals surface area contributed by atoms with E-state index in [1.54, 1.807) is 19.2 Å². The molecule has 1 aliphatic rings. The quantitative estimate of drug-likeness (QED) is 0.685. The number of likely N-dealkylation sites (tertiary alicyclic amines) is 1. The molecule has 1 heterocycles. The van der Waals surface area contributed by atoms with Gasteiger partial charge in [-0.1, -0.05) is 30.3 Å². The van der Waals surface area contributed by atoms with Crippen LogP contribution in [0.15, 0.2) is 59.5 Å². The Morgan fingerprint density at radius 2 is 1.68 bits per heavy atom. The lowest BCUT2D eigenvalue weighted by Gasteiger charge is -2.32. The zero-order valence-corrected chi connectivity index (χ0v) is 19.2. The van der Waals surface area contributed by atoms with Crippen LogP contribution < -0.4 is 10.6 Å². The second kappa shape index (κ2) is 10.3. The number of rotatable bonds is 7. The summed E-state index contributed by atoms with van der Waals surface area (Å²) in [6.45, 7) is 6.46. The summed E-state index contributed by atoms with van der Waals surface area (Å²) in [5.74, 6) is 0. The van der Waals surface area contributed by atoms with Gasteiger partial charge in [0.1, 0.15) is 0 Å². The topological polar surface area (TPSA) is 81.8 Å². The van der Waals surface area contributed by atoms with Gasteiger partial charge in [-0.3, -0.25) is 4.90 Å². The van der Waals surface area contributed by atoms with Gasteiger partial charge in [-0.25, -0.2) is 13.2 Å². The molecule has 0 atom stereocenters. The van der Waals surface area contributed by atoms with E-state index in [1.165, 1.54) is 22.0 Å². The molecule has 0 unspecified atom stereocenters. The average molecular weight is 445 g/mol. The maximum absolute atomic E-state index is 12.5. The second-order valence-electron chi connectivity index (χ2n) is 8.27. The lowest BCUT2D eigenvalue weighted by molar-refractivity contribution is 0.190. The first-order chi connectivity index (χ1) is 14.8. The number of amides is 2. The van der Waals surface area contributed by atoms with Crippen LogP contribution in [0.25, 0.3) is 0 Å². The number of hydrogen-bond acceptors (Lipinski definition) is 4. The third kappa shape index (κ3) is 6.29. The summed E-state index contributed by atoms with van der Waals surface area (Å²) in [7, 11) is -1.97. The molecule has 2 aromatic rings. The number of nitrogens with zero attached hydrogens (tertiary/aromatic N) is 2. The summed E-state index contributed by atoms with van der Waals surface area (Å²) in [4.78, 5) is 15.0. The van der Waals surface area contributed by atoms with Crippen LogP contribution in [-0.4, -0.2) is 55.9 Å². The number of sulfonamides is 1. The molecule has 7 nitrogen and oxygen atoms in total. The molecule has 0 radical (unpaired) electrons. The van der Waals surface area contributed by atoms with Gasteiger partial charge in [0.05, 0.1) is 4.90 Å². The number of piperidine rings is 1. The Morgan fingerprint density at radius 1 is 1.06 bits per heavy atom. The summed E-state index contributed by atoms with van der Waals surface area (Å²) in [6, 6.07) is 16.4. The minimum atomic E-state index is -3.53. The van der Waals surface area contributed by atoms with Gasteiger partial charge in [-0.15, -0.1) is 0 Å². The van der Waals surface area contributed by atoms with E-state index in [0.717, 1.165) is 32.5 Å². The monoisotopic (exact) mass is 444 g/mol. The number of carbonyl (C=O) groups excluding carboxylic acids is 1. The Balaban J connectivity index is 1.47. The Kier molecular flexibility index (Phi) is 7.69. The highest BCUT2D eigenvalue weighted by Crippen LogP contribution is 2.19. The molecule has 1 saturated heterocycles. The van der Waals surface area contributed by atoms with Gasteiger partial charge in [-0.05, 0) is 56.5 Å². The first-order valence-electron chi connectivity index (χ1n) is 10.7. The van der Waals surface area contributed by atoms with Crippen molar-refractivity contribution in [3.8, 4) is 0 Å². The van der Waals surface area contributed by atoms with E-state index in [4.69, 9.17) is 0 Å². The smallest absolute Gasteiger partial charge is 0.319 e. The lowest BCUT2D eigenvalue weighted by Crippen LogP contribution is -2.45. The van der Waals surface area contributed by atoms with Crippen molar-refractivity contribution in [1.82, 2.24) is 14.5 Å². The van der Waals surface area contributed by atoms with Crippen molar-refractivity contribution in [2.24, 2.45) is 0 Å². The van der Waals surface area contributed by atoms with Crippen LogP contribution in [-0.2, 0) is 16.6 Å². The van der Waals surface area contributed by atoms with Gasteiger partial charge < -0.3 is 10.6 Å². The molecule has 2 N–H and O–H groups in total. The number of benzene rings is 2. The van der Waals surface area contributed by atoms with Gasteiger partial charge in [0.25, 0.3) is 0 Å². The maximum Gasteiger partial charge on any atom is 0.319 e. The fourth-order valence-electron chi connectivity index (χ4n) is 3.58. The Hall–Kier alpha value is -2.42. The van der Waals surface area contributed by atoms with Crippen LogP contribution in [0.3, 0.4) is 0 Å². The van der Waals surface area contributed by atoms with E-state index < -0.39 is 10.0 Å². The highest BCUT2D eigenvalue weighted by Gasteiger charge is 2.23. The summed E-state index contributed by atoms with van der Waals surface area (Å²) < 4.78 is 26.4. The molecule has 2 amide bonds. The normalized spacial score (nSPS) is 15.9. The number of hydrogen-bond donors (Lipinski definition) is 2. The van der Waals surface area contributed by atoms with Crippen molar-refractivity contribution in [2.75, 3.05) is 25.5 Å². The van der Waals surface area contributed by atoms with Crippen LogP contribution in [0.1, 0.15) is 32.3 Å². The minimum absolute atomic E-state index is 0.131. The fourth-order valence-corrected chi connectivity index (χ4v) is 4.95. The maximum atomic E-state index is 12.5. The number of carbonyl (C=O) groups is 1. The van der Waals surface area contributed by atoms with Crippen molar-refractivity contribution < 1.29 is 13.2 Å². The van der Waals surface area contributed by atoms with Gasteiger partial charge >= 0.3 is 6.03 Å². The predicted octanol–water partition coefficient (Wildman–Crippen LogP) is 3.50. The molecule has 168 valence electrons. The van der Waals surface area contributed by atoms with Gasteiger partial charge in [-0.2, -0.15) is 4.31 Å². The van der Waals surface area contributed by atoms with Crippen molar-refractivity contribution in [1.29, 1.82) is 0 Å². The molecule has 0 aliphatic carbocycles. The number of nitrogens with one attached hydrogen (secondary N) is 2. The summed E-state index contributed by atoms with van der Waals surface area (Å²) in [5.41, 5.74) is 1.86. The van der Waals surface area contributed by atoms with Crippen LogP contribution in [0.5, 0.6) is 0 Å². The van der Waals surface area contributed by atoms with Crippen molar-refractivity contribution in [3.05, 3.63) is 60.2 Å². The summed E-state index contributed by atoms with van der Waals surface area (Å²) >= 11 is 0. The van der Waals surface area contributed by atoms with E-state index >= 15 is 0 Å². The highest BCUT2D eigenvalue weighted by atomic mass is 32.2. The van der Waals surface area contributed by atoms with Gasteiger partial charge in [0.15, 0.2) is 0 Å². The second-order valence-corrected chi connectivity index (χ2v) is 10.3. The molecule has 0 saturated carbocycles. The van der Waals surface area contributed by atoms with Gasteiger partial charge in [0.2, 0.25) is 10.0 Å². The molecular weight excluding hydrogens is 412 g/mol. The molecule has 3 rings (SSSR count). The number of anilines is 1. The molecule has 0 aromatic heterocycles. The van der Waals surface area contributed by atoms with E-state index in [-0.39, 0.29) is 23.0 Å². The van der Waals surface area contributed by atoms with Crippen molar-refractivity contribution in [2.45, 2.75) is 50.2 Å². The molecule has 0 bridgehead atoms. The largest absolute Gasteiger partial charge is 0.335 e. The molecule has 1 aliphatic heterocycles. The third-order valence-electron chi connectivity index (χ3n) is 5.69. The Labute approximate surface area is 185 Å². The van der Waals surface area contributed by atoms with E-state index in [0.29, 0.717) is 5.69 Å². The fraction of sp³-hybridized carbons (Fsp3) is 0.435. The van der Waals surface area contributed by atoms with Gasteiger partial charge in [0, 0.05) is 44.5 Å². The molecule has 1 fully saturated rings.